The van der Waals surface area contributed by atoms with Crippen molar-refractivity contribution in [2.24, 2.45) is 0 Å². The molecule has 29 heavy (non-hydrogen) atoms. The number of carbonyl (C=O) groups is 1. The van der Waals surface area contributed by atoms with Crippen LogP contribution in [0.2, 0.25) is 0 Å². The molecule has 0 aliphatic carbocycles. The lowest BCUT2D eigenvalue weighted by molar-refractivity contribution is -0.127. The van der Waals surface area contributed by atoms with Gasteiger partial charge in [-0.05, 0) is 38.0 Å². The number of hydrogen-bond donors (Lipinski definition) is 0. The molecule has 0 saturated carbocycles. The van der Waals surface area contributed by atoms with Crippen LogP contribution >= 0.6 is 0 Å². The van der Waals surface area contributed by atoms with Gasteiger partial charge in [0.2, 0.25) is 5.91 Å². The second-order valence-corrected chi connectivity index (χ2v) is 7.36. The average Bonchev–Trinajstić information content (AvgIpc) is 3.35. The number of amides is 1. The van der Waals surface area contributed by atoms with Gasteiger partial charge < -0.3 is 14.2 Å². The number of likely N-dealkylation sites (tertiary alicyclic amines) is 1. The van der Waals surface area contributed by atoms with Gasteiger partial charge in [0.15, 0.2) is 5.82 Å². The predicted octanol–water partition coefficient (Wildman–Crippen LogP) is 4.00. The molecule has 0 N–H and O–H groups in total. The molecule has 0 radical (unpaired) electrons. The number of para-hydroxylation sites is 1. The number of aromatic nitrogens is 2. The Kier molecular flexibility index (Phi) is 5.60. The van der Waals surface area contributed by atoms with Gasteiger partial charge in [-0.2, -0.15) is 4.98 Å². The Hall–Kier alpha value is -3.15. The minimum Gasteiger partial charge on any atom is -0.493 e. The molecule has 150 valence electrons. The van der Waals surface area contributed by atoms with E-state index in [-0.39, 0.29) is 11.8 Å². The molecule has 2 heterocycles. The number of benzene rings is 2. The molecule has 4 rings (SSSR count). The minimum atomic E-state index is -0.0442. The summed E-state index contributed by atoms with van der Waals surface area (Å²) in [4.78, 5) is 18.9. The lowest BCUT2D eigenvalue weighted by Gasteiger charge is -2.16. The van der Waals surface area contributed by atoms with Crippen LogP contribution in [0.3, 0.4) is 0 Å². The normalized spacial score (nSPS) is 16.4. The molecule has 3 aromatic rings. The maximum absolute atomic E-state index is 12.5. The summed E-state index contributed by atoms with van der Waals surface area (Å²) in [7, 11) is 0. The molecule has 1 fully saturated rings. The standard InChI is InChI=1S/C23H25N3O3/c1-3-28-20-7-5-4-6-19(20)23-24-22(25-29-23)18-14-21(27)26(15-18)13-12-17-10-8-16(2)9-11-17/h4-11,18H,3,12-15H2,1-2H3. The van der Waals surface area contributed by atoms with Crippen LogP contribution in [0.25, 0.3) is 11.5 Å². The van der Waals surface area contributed by atoms with Gasteiger partial charge in [0.25, 0.3) is 5.89 Å². The maximum Gasteiger partial charge on any atom is 0.261 e. The van der Waals surface area contributed by atoms with Crippen LogP contribution < -0.4 is 4.74 Å². The second-order valence-electron chi connectivity index (χ2n) is 7.36. The SMILES string of the molecule is CCOc1ccccc1-c1nc(C2CC(=O)N(CCc3ccc(C)cc3)C2)no1. The van der Waals surface area contributed by atoms with Crippen molar-refractivity contribution in [1.29, 1.82) is 0 Å². The monoisotopic (exact) mass is 391 g/mol. The number of aryl methyl sites for hydroxylation is 1. The van der Waals surface area contributed by atoms with Crippen molar-refractivity contribution in [3.63, 3.8) is 0 Å². The maximum atomic E-state index is 12.5. The molecule has 1 unspecified atom stereocenters. The number of nitrogens with zero attached hydrogens (tertiary/aromatic N) is 3. The van der Waals surface area contributed by atoms with E-state index in [1.807, 2.05) is 36.1 Å². The smallest absolute Gasteiger partial charge is 0.261 e. The Morgan fingerprint density at radius 1 is 1.17 bits per heavy atom. The Morgan fingerprint density at radius 3 is 2.76 bits per heavy atom. The second kappa shape index (κ2) is 8.47. The van der Waals surface area contributed by atoms with Crippen LogP contribution in [0.5, 0.6) is 5.75 Å². The van der Waals surface area contributed by atoms with Crippen molar-refractivity contribution in [3.8, 4) is 17.2 Å². The zero-order chi connectivity index (χ0) is 20.2. The topological polar surface area (TPSA) is 68.5 Å². The van der Waals surface area contributed by atoms with E-state index in [1.54, 1.807) is 0 Å². The first-order valence-corrected chi connectivity index (χ1v) is 10.0. The molecule has 0 bridgehead atoms. The zero-order valence-electron chi connectivity index (χ0n) is 16.8. The largest absolute Gasteiger partial charge is 0.493 e. The highest BCUT2D eigenvalue weighted by Crippen LogP contribution is 2.32. The molecular weight excluding hydrogens is 366 g/mol. The summed E-state index contributed by atoms with van der Waals surface area (Å²) in [5, 5.41) is 4.15. The van der Waals surface area contributed by atoms with Gasteiger partial charge in [-0.25, -0.2) is 0 Å². The first-order chi connectivity index (χ1) is 14.1. The molecular formula is C23H25N3O3. The van der Waals surface area contributed by atoms with Gasteiger partial charge in [0.1, 0.15) is 5.75 Å². The molecule has 1 atom stereocenters. The third kappa shape index (κ3) is 4.31. The molecule has 1 amide bonds. The highest BCUT2D eigenvalue weighted by atomic mass is 16.5. The molecule has 1 aromatic heterocycles. The lowest BCUT2D eigenvalue weighted by Crippen LogP contribution is -2.27. The van der Waals surface area contributed by atoms with Gasteiger partial charge >= 0.3 is 0 Å². The number of ether oxygens (including phenoxy) is 1. The third-order valence-electron chi connectivity index (χ3n) is 5.23. The van der Waals surface area contributed by atoms with Crippen molar-refractivity contribution in [2.75, 3.05) is 19.7 Å². The van der Waals surface area contributed by atoms with E-state index in [0.717, 1.165) is 12.0 Å². The fraction of sp³-hybridized carbons (Fsp3) is 0.348. The average molecular weight is 391 g/mol. The van der Waals surface area contributed by atoms with Crippen LogP contribution in [-0.4, -0.2) is 40.6 Å². The first-order valence-electron chi connectivity index (χ1n) is 10.0. The van der Waals surface area contributed by atoms with Gasteiger partial charge in [-0.1, -0.05) is 47.1 Å². The molecule has 1 aliphatic rings. The van der Waals surface area contributed by atoms with Gasteiger partial charge in [-0.3, -0.25) is 4.79 Å². The molecule has 6 nitrogen and oxygen atoms in total. The van der Waals surface area contributed by atoms with Crippen molar-refractivity contribution in [2.45, 2.75) is 32.6 Å². The van der Waals surface area contributed by atoms with Gasteiger partial charge in [0.05, 0.1) is 12.2 Å². The van der Waals surface area contributed by atoms with Gasteiger partial charge in [0, 0.05) is 25.4 Å². The van der Waals surface area contributed by atoms with E-state index in [0.29, 0.717) is 43.6 Å². The minimum absolute atomic E-state index is 0.0442. The van der Waals surface area contributed by atoms with Crippen LogP contribution in [0.1, 0.15) is 36.2 Å². The summed E-state index contributed by atoms with van der Waals surface area (Å²) >= 11 is 0. The van der Waals surface area contributed by atoms with Crippen LogP contribution in [-0.2, 0) is 11.2 Å². The van der Waals surface area contributed by atoms with Crippen molar-refractivity contribution < 1.29 is 14.1 Å². The molecule has 6 heteroatoms. The summed E-state index contributed by atoms with van der Waals surface area (Å²) in [6, 6.07) is 16.0. The first kappa shape index (κ1) is 19.2. The van der Waals surface area contributed by atoms with Crippen molar-refractivity contribution >= 4 is 5.91 Å². The Bertz CT molecular complexity index is 981. The fourth-order valence-corrected chi connectivity index (χ4v) is 3.61. The molecule has 0 spiro atoms. The van der Waals surface area contributed by atoms with Crippen LogP contribution in [0.4, 0.5) is 0 Å². The predicted molar refractivity (Wildman–Crippen MR) is 110 cm³/mol. The van der Waals surface area contributed by atoms with E-state index in [1.165, 1.54) is 11.1 Å². The van der Waals surface area contributed by atoms with Crippen LogP contribution in [0, 0.1) is 6.92 Å². The Morgan fingerprint density at radius 2 is 1.97 bits per heavy atom. The number of rotatable bonds is 7. The molecule has 2 aromatic carbocycles. The summed E-state index contributed by atoms with van der Waals surface area (Å²) in [6.07, 6.45) is 1.26. The number of hydrogen-bond acceptors (Lipinski definition) is 5. The van der Waals surface area contributed by atoms with Crippen molar-refractivity contribution in [1.82, 2.24) is 15.0 Å². The third-order valence-corrected chi connectivity index (χ3v) is 5.23. The Labute approximate surface area is 170 Å². The summed E-state index contributed by atoms with van der Waals surface area (Å²) in [5.41, 5.74) is 3.25. The van der Waals surface area contributed by atoms with Crippen LogP contribution in [0.15, 0.2) is 53.1 Å². The highest BCUT2D eigenvalue weighted by molar-refractivity contribution is 5.79. The van der Waals surface area contributed by atoms with E-state index < -0.39 is 0 Å². The van der Waals surface area contributed by atoms with E-state index in [2.05, 4.69) is 41.3 Å². The van der Waals surface area contributed by atoms with Gasteiger partial charge in [-0.15, -0.1) is 0 Å². The summed E-state index contributed by atoms with van der Waals surface area (Å²) < 4.78 is 11.1. The molecule has 1 saturated heterocycles. The number of carbonyl (C=O) groups excluding carboxylic acids is 1. The zero-order valence-corrected chi connectivity index (χ0v) is 16.8. The van der Waals surface area contributed by atoms with E-state index in [9.17, 15) is 4.79 Å². The summed E-state index contributed by atoms with van der Waals surface area (Å²) in [5.74, 6) is 1.82. The summed E-state index contributed by atoms with van der Waals surface area (Å²) in [6.45, 7) is 5.90. The van der Waals surface area contributed by atoms with E-state index >= 15 is 0 Å². The quantitative estimate of drug-likeness (QED) is 0.609. The lowest BCUT2D eigenvalue weighted by atomic mass is 10.1. The van der Waals surface area contributed by atoms with E-state index in [4.69, 9.17) is 9.26 Å². The highest BCUT2D eigenvalue weighted by Gasteiger charge is 2.33. The molecule has 1 aliphatic heterocycles. The Balaban J connectivity index is 1.42. The van der Waals surface area contributed by atoms with Crippen molar-refractivity contribution in [3.05, 3.63) is 65.5 Å². The fourth-order valence-electron chi connectivity index (χ4n) is 3.61.